The Labute approximate surface area is 230 Å². The van der Waals surface area contributed by atoms with Crippen molar-refractivity contribution >= 4 is 27.9 Å². The van der Waals surface area contributed by atoms with Crippen molar-refractivity contribution in [2.24, 2.45) is 0 Å². The van der Waals surface area contributed by atoms with E-state index in [0.717, 1.165) is 40.2 Å². The maximum atomic E-state index is 12.3. The van der Waals surface area contributed by atoms with Crippen LogP contribution >= 0.6 is 0 Å². The summed E-state index contributed by atoms with van der Waals surface area (Å²) in [7, 11) is -0.244. The van der Waals surface area contributed by atoms with Crippen LogP contribution in [0.1, 0.15) is 22.3 Å². The number of anilines is 2. The molecule has 2 heterocycles. The van der Waals surface area contributed by atoms with Gasteiger partial charge < -0.3 is 10.1 Å². The van der Waals surface area contributed by atoms with Crippen LogP contribution in [0.2, 0.25) is 0 Å². The van der Waals surface area contributed by atoms with E-state index in [-0.39, 0.29) is 0 Å². The lowest BCUT2D eigenvalue weighted by atomic mass is 10.1. The summed E-state index contributed by atoms with van der Waals surface area (Å²) in [5, 5.41) is 12.0. The molecule has 0 atom stereocenters. The van der Waals surface area contributed by atoms with E-state index < -0.39 is 10.2 Å². The highest BCUT2D eigenvalue weighted by Gasteiger charge is 2.28. The SMILES string of the molecule is Cc1cc(/C=C/C#N)cc(C)c1Oc1ccnc(Nc2ccc(CN3CCN(S(=O)(=O)N(C)C)CC3)cc2)n1. The molecule has 1 saturated heterocycles. The number of nitriles is 1. The van der Waals surface area contributed by atoms with Crippen LogP contribution in [-0.4, -0.2) is 72.2 Å². The Morgan fingerprint density at radius 3 is 2.36 bits per heavy atom. The summed E-state index contributed by atoms with van der Waals surface area (Å²) in [5.41, 5.74) is 4.81. The van der Waals surface area contributed by atoms with Gasteiger partial charge in [-0.05, 0) is 66.4 Å². The zero-order valence-corrected chi connectivity index (χ0v) is 23.4. The molecule has 39 heavy (non-hydrogen) atoms. The van der Waals surface area contributed by atoms with Gasteiger partial charge in [0.2, 0.25) is 11.8 Å². The third kappa shape index (κ3) is 7.19. The number of hydrogen-bond donors (Lipinski definition) is 1. The van der Waals surface area contributed by atoms with Crippen molar-refractivity contribution in [3.63, 3.8) is 0 Å². The second kappa shape index (κ2) is 12.4. The molecular weight excluding hydrogens is 514 g/mol. The van der Waals surface area contributed by atoms with Gasteiger partial charge in [0.1, 0.15) is 5.75 Å². The zero-order valence-electron chi connectivity index (χ0n) is 22.6. The summed E-state index contributed by atoms with van der Waals surface area (Å²) in [6, 6.07) is 15.7. The van der Waals surface area contributed by atoms with Crippen molar-refractivity contribution in [2.45, 2.75) is 20.4 Å². The minimum atomic E-state index is -3.36. The van der Waals surface area contributed by atoms with Crippen LogP contribution < -0.4 is 10.1 Å². The van der Waals surface area contributed by atoms with Gasteiger partial charge >= 0.3 is 0 Å². The average molecular weight is 548 g/mol. The van der Waals surface area contributed by atoms with Crippen LogP contribution in [-0.2, 0) is 16.8 Å². The maximum Gasteiger partial charge on any atom is 0.281 e. The third-order valence-electron chi connectivity index (χ3n) is 6.40. The average Bonchev–Trinajstić information content (AvgIpc) is 2.91. The molecule has 1 aromatic heterocycles. The molecule has 0 saturated carbocycles. The Balaban J connectivity index is 1.35. The van der Waals surface area contributed by atoms with Gasteiger partial charge in [-0.2, -0.15) is 27.3 Å². The molecule has 0 aliphatic carbocycles. The van der Waals surface area contributed by atoms with Gasteiger partial charge in [0, 0.05) is 70.8 Å². The highest BCUT2D eigenvalue weighted by atomic mass is 32.2. The number of nitrogens with zero attached hydrogens (tertiary/aromatic N) is 6. The molecular formula is C28H33N7O3S. The van der Waals surface area contributed by atoms with Crippen molar-refractivity contribution in [1.29, 1.82) is 5.26 Å². The van der Waals surface area contributed by atoms with E-state index in [2.05, 4.69) is 20.2 Å². The summed E-state index contributed by atoms with van der Waals surface area (Å²) in [5.74, 6) is 1.56. The fourth-order valence-electron chi connectivity index (χ4n) is 4.37. The summed E-state index contributed by atoms with van der Waals surface area (Å²) >= 11 is 0. The van der Waals surface area contributed by atoms with Gasteiger partial charge in [0.15, 0.2) is 0 Å². The van der Waals surface area contributed by atoms with E-state index in [1.165, 1.54) is 14.7 Å². The molecule has 0 unspecified atom stereocenters. The van der Waals surface area contributed by atoms with Gasteiger partial charge in [-0.1, -0.05) is 12.1 Å². The van der Waals surface area contributed by atoms with Gasteiger partial charge in [-0.15, -0.1) is 0 Å². The lowest BCUT2D eigenvalue weighted by molar-refractivity contribution is 0.177. The van der Waals surface area contributed by atoms with Crippen LogP contribution in [0.5, 0.6) is 11.6 Å². The number of benzene rings is 2. The van der Waals surface area contributed by atoms with Gasteiger partial charge in [-0.25, -0.2) is 4.98 Å². The van der Waals surface area contributed by atoms with Gasteiger partial charge in [-0.3, -0.25) is 4.90 Å². The summed E-state index contributed by atoms with van der Waals surface area (Å²) in [6.45, 7) is 7.01. The van der Waals surface area contributed by atoms with E-state index in [1.807, 2.05) is 56.3 Å². The predicted molar refractivity (Wildman–Crippen MR) is 152 cm³/mol. The normalized spacial score (nSPS) is 15.0. The second-order valence-corrected chi connectivity index (χ2v) is 11.7. The molecule has 4 rings (SSSR count). The van der Waals surface area contributed by atoms with E-state index in [4.69, 9.17) is 10.00 Å². The number of hydrogen-bond acceptors (Lipinski definition) is 8. The molecule has 0 bridgehead atoms. The summed E-state index contributed by atoms with van der Waals surface area (Å²) in [4.78, 5) is 11.1. The number of nitrogens with one attached hydrogen (secondary N) is 1. The Morgan fingerprint density at radius 2 is 1.74 bits per heavy atom. The minimum absolute atomic E-state index is 0.419. The molecule has 2 aromatic carbocycles. The number of aromatic nitrogens is 2. The summed E-state index contributed by atoms with van der Waals surface area (Å²) in [6.07, 6.45) is 4.86. The van der Waals surface area contributed by atoms with Crippen LogP contribution in [0.3, 0.4) is 0 Å². The van der Waals surface area contributed by atoms with E-state index in [1.54, 1.807) is 32.4 Å². The predicted octanol–water partition coefficient (Wildman–Crippen LogP) is 4.09. The molecule has 0 amide bonds. The van der Waals surface area contributed by atoms with E-state index >= 15 is 0 Å². The Bertz CT molecular complexity index is 1450. The van der Waals surface area contributed by atoms with Crippen LogP contribution in [0, 0.1) is 25.2 Å². The molecule has 0 spiro atoms. The summed E-state index contributed by atoms with van der Waals surface area (Å²) < 4.78 is 33.5. The highest BCUT2D eigenvalue weighted by Crippen LogP contribution is 2.30. The molecule has 1 aliphatic rings. The lowest BCUT2D eigenvalue weighted by Crippen LogP contribution is -2.51. The van der Waals surface area contributed by atoms with Crippen LogP contribution in [0.4, 0.5) is 11.6 Å². The monoisotopic (exact) mass is 547 g/mol. The van der Waals surface area contributed by atoms with Crippen LogP contribution in [0.25, 0.3) is 6.08 Å². The maximum absolute atomic E-state index is 12.3. The molecule has 10 nitrogen and oxygen atoms in total. The fraction of sp³-hybridized carbons (Fsp3) is 0.321. The Hall–Kier alpha value is -3.82. The molecule has 1 aliphatic heterocycles. The smallest absolute Gasteiger partial charge is 0.281 e. The minimum Gasteiger partial charge on any atom is -0.438 e. The zero-order chi connectivity index (χ0) is 28.0. The first-order chi connectivity index (χ1) is 18.7. The van der Waals surface area contributed by atoms with E-state index in [0.29, 0.717) is 38.0 Å². The highest BCUT2D eigenvalue weighted by molar-refractivity contribution is 7.86. The number of rotatable bonds is 9. The standard InChI is InChI=1S/C28H33N7O3S/c1-21-18-24(6-5-12-29)19-22(2)27(21)38-26-11-13-30-28(32-26)31-25-9-7-23(8-10-25)20-34-14-16-35(17-15-34)39(36,37)33(3)4/h5-11,13,18-19H,14-17,20H2,1-4H3,(H,30,31,32)/b6-5+. The van der Waals surface area contributed by atoms with Crippen molar-refractivity contribution in [3.8, 4) is 17.7 Å². The quantitative estimate of drug-likeness (QED) is 0.399. The first-order valence-corrected chi connectivity index (χ1v) is 14.0. The molecule has 1 fully saturated rings. The molecule has 0 radical (unpaired) electrons. The Kier molecular flexibility index (Phi) is 8.93. The number of ether oxygens (including phenoxy) is 1. The largest absolute Gasteiger partial charge is 0.438 e. The topological polar surface area (TPSA) is 115 Å². The second-order valence-electron chi connectivity index (χ2n) is 9.55. The first kappa shape index (κ1) is 28.2. The Morgan fingerprint density at radius 1 is 1.08 bits per heavy atom. The van der Waals surface area contributed by atoms with Crippen molar-refractivity contribution < 1.29 is 13.2 Å². The fourth-order valence-corrected chi connectivity index (χ4v) is 5.45. The first-order valence-electron chi connectivity index (χ1n) is 12.6. The van der Waals surface area contributed by atoms with Crippen LogP contribution in [0.15, 0.2) is 54.7 Å². The van der Waals surface area contributed by atoms with Crippen molar-refractivity contribution in [2.75, 3.05) is 45.6 Å². The van der Waals surface area contributed by atoms with Gasteiger partial charge in [0.05, 0.1) is 6.07 Å². The number of aryl methyl sites for hydroxylation is 2. The molecule has 11 heteroatoms. The number of allylic oxidation sites excluding steroid dienone is 1. The molecule has 1 N–H and O–H groups in total. The van der Waals surface area contributed by atoms with Crippen molar-refractivity contribution in [1.82, 2.24) is 23.5 Å². The molecule has 204 valence electrons. The van der Waals surface area contributed by atoms with Gasteiger partial charge in [0.25, 0.3) is 10.2 Å². The lowest BCUT2D eigenvalue weighted by Gasteiger charge is -2.35. The number of piperazine rings is 1. The van der Waals surface area contributed by atoms with E-state index in [9.17, 15) is 8.42 Å². The third-order valence-corrected chi connectivity index (χ3v) is 8.35. The molecule has 3 aromatic rings. The van der Waals surface area contributed by atoms with Crippen molar-refractivity contribution in [3.05, 3.63) is 77.0 Å².